The maximum atomic E-state index is 14.4. The summed E-state index contributed by atoms with van der Waals surface area (Å²) in [7, 11) is 0. The zero-order valence-electron chi connectivity index (χ0n) is 33.7. The highest BCUT2D eigenvalue weighted by molar-refractivity contribution is 6.31. The van der Waals surface area contributed by atoms with Crippen LogP contribution in [0.3, 0.4) is 0 Å². The smallest absolute Gasteiger partial charge is 0.343 e. The largest absolute Gasteiger partial charge is 0.462 e. The summed E-state index contributed by atoms with van der Waals surface area (Å²) in [6.45, 7) is 9.24. The average molecular weight is 862 g/mol. The summed E-state index contributed by atoms with van der Waals surface area (Å²) >= 11 is 11.7. The molecule has 1 amide bonds. The number of fused-ring (bicyclic) bond motifs is 2. The van der Waals surface area contributed by atoms with Crippen molar-refractivity contribution in [3.05, 3.63) is 172 Å². The van der Waals surface area contributed by atoms with Gasteiger partial charge in [-0.1, -0.05) is 80.4 Å². The minimum atomic E-state index is -0.744. The second-order valence-corrected chi connectivity index (χ2v) is 15.5. The molecule has 3 N–H and O–H groups in total. The number of nitrogens with one attached hydrogen (secondary N) is 1. The lowest BCUT2D eigenvalue weighted by atomic mass is 9.95. The molecule has 0 bridgehead atoms. The molecule has 4 heterocycles. The van der Waals surface area contributed by atoms with Gasteiger partial charge >= 0.3 is 11.9 Å². The summed E-state index contributed by atoms with van der Waals surface area (Å²) in [5.74, 6) is -2.62. The number of amides is 1. The van der Waals surface area contributed by atoms with Crippen molar-refractivity contribution in [3.63, 3.8) is 0 Å². The first-order valence-corrected chi connectivity index (χ1v) is 19.8. The zero-order valence-corrected chi connectivity index (χ0v) is 35.2. The molecule has 314 valence electrons. The third kappa shape index (κ3) is 10.3. The minimum Gasteiger partial charge on any atom is -0.462 e. The van der Waals surface area contributed by atoms with E-state index in [-0.39, 0.29) is 66.2 Å². The van der Waals surface area contributed by atoms with Gasteiger partial charge in [-0.2, -0.15) is 0 Å². The molecule has 4 aromatic heterocycles. The molecule has 6 rings (SSSR count). The molecule has 0 aliphatic carbocycles. The first-order chi connectivity index (χ1) is 28.5. The SMILES string of the molecule is CCOC(=O)c1cc(CN)c2ccc(Cc3cccc(Cl)c3F)cn2c1=O.CCOC(=O)c1cc(CNC(=O)C(C)(C)C)c2ccc(Cc3cccc(Cl)c3F)cn2c1=O. The van der Waals surface area contributed by atoms with Crippen LogP contribution in [0.15, 0.2) is 94.8 Å². The van der Waals surface area contributed by atoms with E-state index in [4.69, 9.17) is 38.4 Å². The van der Waals surface area contributed by atoms with E-state index in [0.29, 0.717) is 44.4 Å². The Bertz CT molecular complexity index is 2730. The standard InChI is InChI=1S/C25H26ClFN2O4.C20H18ClFN2O3/c1-5-33-23(31)18-12-17(13-28-24(32)25(2,3)4)20-10-9-15(14-29(20)22(18)30)11-16-7-6-8-19(26)21(16)27;1-2-27-20(26)15-9-14(10-23)17-7-6-12(11-24(17)19(15)25)8-13-4-3-5-16(21)18(13)22/h6-10,12,14H,5,11,13H2,1-4H3,(H,28,32);3-7,9,11H,2,8,10,23H2,1H3. The molecular formula is C45H44Cl2F2N4O7. The predicted molar refractivity (Wildman–Crippen MR) is 227 cm³/mol. The Kier molecular flexibility index (Phi) is 14.7. The van der Waals surface area contributed by atoms with Crippen molar-refractivity contribution in [2.75, 3.05) is 13.2 Å². The summed E-state index contributed by atoms with van der Waals surface area (Å²) in [6.07, 6.45) is 3.60. The van der Waals surface area contributed by atoms with E-state index < -0.39 is 40.1 Å². The number of carbonyl (C=O) groups excluding carboxylic acids is 3. The Balaban J connectivity index is 0.000000232. The lowest BCUT2D eigenvalue weighted by Crippen LogP contribution is -2.35. The number of rotatable bonds is 11. The highest BCUT2D eigenvalue weighted by atomic mass is 35.5. The number of benzene rings is 2. The molecule has 15 heteroatoms. The van der Waals surface area contributed by atoms with E-state index in [1.165, 1.54) is 33.1 Å². The third-order valence-corrected chi connectivity index (χ3v) is 9.98. The van der Waals surface area contributed by atoms with Crippen LogP contribution in [0.2, 0.25) is 10.0 Å². The molecule has 6 aromatic rings. The summed E-state index contributed by atoms with van der Waals surface area (Å²) in [6, 6.07) is 19.4. The number of pyridine rings is 4. The van der Waals surface area contributed by atoms with Crippen molar-refractivity contribution in [1.82, 2.24) is 14.1 Å². The maximum absolute atomic E-state index is 14.4. The van der Waals surface area contributed by atoms with Gasteiger partial charge < -0.3 is 20.5 Å². The molecule has 0 unspecified atom stereocenters. The number of nitrogens with zero attached hydrogens (tertiary/aromatic N) is 2. The van der Waals surface area contributed by atoms with E-state index in [9.17, 15) is 32.8 Å². The fourth-order valence-electron chi connectivity index (χ4n) is 6.30. The van der Waals surface area contributed by atoms with Gasteiger partial charge in [-0.05, 0) is 83.6 Å². The second kappa shape index (κ2) is 19.4. The average Bonchev–Trinajstić information content (AvgIpc) is 3.21. The van der Waals surface area contributed by atoms with Crippen molar-refractivity contribution in [2.45, 2.75) is 60.5 Å². The Morgan fingerprint density at radius 2 is 1.12 bits per heavy atom. The highest BCUT2D eigenvalue weighted by Gasteiger charge is 2.23. The van der Waals surface area contributed by atoms with E-state index in [0.717, 1.165) is 0 Å². The monoisotopic (exact) mass is 860 g/mol. The molecule has 0 radical (unpaired) electrons. The van der Waals surface area contributed by atoms with Crippen LogP contribution in [-0.2, 0) is 40.2 Å². The van der Waals surface area contributed by atoms with Gasteiger partial charge in [-0.25, -0.2) is 18.4 Å². The molecule has 60 heavy (non-hydrogen) atoms. The van der Waals surface area contributed by atoms with Crippen LogP contribution in [-0.4, -0.2) is 39.9 Å². The van der Waals surface area contributed by atoms with Crippen LogP contribution in [0, 0.1) is 17.0 Å². The summed E-state index contributed by atoms with van der Waals surface area (Å²) in [4.78, 5) is 62.8. The highest BCUT2D eigenvalue weighted by Crippen LogP contribution is 2.24. The van der Waals surface area contributed by atoms with Crippen LogP contribution in [0.5, 0.6) is 0 Å². The first-order valence-electron chi connectivity index (χ1n) is 19.0. The molecule has 0 atom stereocenters. The molecule has 0 aliphatic heterocycles. The summed E-state index contributed by atoms with van der Waals surface area (Å²) in [5.41, 5.74) is 8.36. The quantitative estimate of drug-likeness (QED) is 0.125. The number of hydrogen-bond acceptors (Lipinski definition) is 8. The molecule has 2 aromatic carbocycles. The maximum Gasteiger partial charge on any atom is 0.343 e. The first kappa shape index (κ1) is 45.2. The van der Waals surface area contributed by atoms with Gasteiger partial charge in [0.05, 0.1) is 34.3 Å². The number of ether oxygens (including phenoxy) is 2. The van der Waals surface area contributed by atoms with E-state index in [1.807, 2.05) is 0 Å². The van der Waals surface area contributed by atoms with Crippen LogP contribution in [0.1, 0.15) is 88.7 Å². The molecule has 0 fully saturated rings. The van der Waals surface area contributed by atoms with Gasteiger partial charge in [0.25, 0.3) is 11.1 Å². The Hall–Kier alpha value is -5.89. The Morgan fingerprint density at radius 1 is 0.683 bits per heavy atom. The third-order valence-electron chi connectivity index (χ3n) is 9.40. The van der Waals surface area contributed by atoms with Crippen LogP contribution < -0.4 is 22.2 Å². The van der Waals surface area contributed by atoms with Crippen molar-refractivity contribution in [1.29, 1.82) is 0 Å². The van der Waals surface area contributed by atoms with Crippen molar-refractivity contribution >= 4 is 52.1 Å². The lowest BCUT2D eigenvalue weighted by molar-refractivity contribution is -0.128. The predicted octanol–water partition coefficient (Wildman–Crippen LogP) is 7.84. The number of aromatic nitrogens is 2. The van der Waals surface area contributed by atoms with Crippen LogP contribution in [0.25, 0.3) is 11.0 Å². The Labute approximate surface area is 354 Å². The van der Waals surface area contributed by atoms with E-state index in [2.05, 4.69) is 5.32 Å². The topological polar surface area (TPSA) is 151 Å². The molecular weight excluding hydrogens is 817 g/mol. The van der Waals surface area contributed by atoms with Gasteiger partial charge in [-0.15, -0.1) is 0 Å². The van der Waals surface area contributed by atoms with E-state index >= 15 is 0 Å². The fourth-order valence-corrected chi connectivity index (χ4v) is 6.69. The molecule has 11 nitrogen and oxygen atoms in total. The van der Waals surface area contributed by atoms with Crippen LogP contribution in [0.4, 0.5) is 8.78 Å². The number of hydrogen-bond donors (Lipinski definition) is 2. The van der Waals surface area contributed by atoms with E-state index in [1.54, 1.807) is 95.5 Å². The fraction of sp³-hybridized carbons (Fsp3) is 0.267. The van der Waals surface area contributed by atoms with Gasteiger partial charge in [-0.3, -0.25) is 23.2 Å². The minimum absolute atomic E-state index is 0.0203. The van der Waals surface area contributed by atoms with Gasteiger partial charge in [0.2, 0.25) is 5.91 Å². The summed E-state index contributed by atoms with van der Waals surface area (Å²) < 4.78 is 41.2. The Morgan fingerprint density at radius 3 is 1.53 bits per heavy atom. The number of halogens is 4. The normalized spacial score (nSPS) is 11.2. The van der Waals surface area contributed by atoms with Crippen molar-refractivity contribution in [3.8, 4) is 0 Å². The van der Waals surface area contributed by atoms with Crippen molar-refractivity contribution in [2.24, 2.45) is 11.1 Å². The van der Waals surface area contributed by atoms with Crippen LogP contribution >= 0.6 is 23.2 Å². The van der Waals surface area contributed by atoms with Gasteiger partial charge in [0, 0.05) is 43.7 Å². The molecule has 0 aliphatic rings. The second-order valence-electron chi connectivity index (χ2n) is 14.7. The van der Waals surface area contributed by atoms with Gasteiger partial charge in [0.1, 0.15) is 22.8 Å². The summed E-state index contributed by atoms with van der Waals surface area (Å²) in [5, 5.41) is 2.91. The van der Waals surface area contributed by atoms with Crippen molar-refractivity contribution < 1.29 is 32.6 Å². The lowest BCUT2D eigenvalue weighted by Gasteiger charge is -2.19. The number of esters is 2. The number of nitrogens with two attached hydrogens (primary N) is 1. The zero-order chi connectivity index (χ0) is 43.9. The molecule has 0 saturated heterocycles. The van der Waals surface area contributed by atoms with Gasteiger partial charge in [0.15, 0.2) is 0 Å². The molecule has 0 spiro atoms. The number of carbonyl (C=O) groups is 3. The molecule has 0 saturated carbocycles.